The van der Waals surface area contributed by atoms with Crippen LogP contribution in [0.4, 0.5) is 5.69 Å². The van der Waals surface area contributed by atoms with Gasteiger partial charge in [0.1, 0.15) is 0 Å². The molecule has 1 fully saturated rings. The number of hydrogen-bond donors (Lipinski definition) is 0. The van der Waals surface area contributed by atoms with Crippen LogP contribution in [0, 0.1) is 23.0 Å². The number of benzene rings is 2. The van der Waals surface area contributed by atoms with Gasteiger partial charge < -0.3 is 4.90 Å². The Bertz CT molecular complexity index is 770. The van der Waals surface area contributed by atoms with Gasteiger partial charge in [-0.25, -0.2) is 0 Å². The number of amides is 1. The Labute approximate surface area is 147 Å². The quantitative estimate of drug-likeness (QED) is 0.581. The number of rotatable bonds is 6. The highest BCUT2D eigenvalue weighted by molar-refractivity contribution is 5.94. The number of nitro groups is 1. The summed E-state index contributed by atoms with van der Waals surface area (Å²) in [6.45, 7) is 2.97. The van der Waals surface area contributed by atoms with Gasteiger partial charge in [0.2, 0.25) is 0 Å². The predicted octanol–water partition coefficient (Wildman–Crippen LogP) is 4.35. The first-order valence-electron chi connectivity index (χ1n) is 8.63. The van der Waals surface area contributed by atoms with E-state index in [0.717, 1.165) is 24.9 Å². The van der Waals surface area contributed by atoms with Gasteiger partial charge in [-0.1, -0.05) is 36.8 Å². The summed E-state index contributed by atoms with van der Waals surface area (Å²) in [6.07, 6.45) is 3.56. The molecule has 0 atom stereocenters. The van der Waals surface area contributed by atoms with Crippen molar-refractivity contribution in [1.82, 2.24) is 4.90 Å². The highest BCUT2D eigenvalue weighted by atomic mass is 16.6. The van der Waals surface area contributed by atoms with Crippen molar-refractivity contribution in [1.29, 1.82) is 0 Å². The number of hydrogen-bond acceptors (Lipinski definition) is 3. The van der Waals surface area contributed by atoms with Gasteiger partial charge in [-0.2, -0.15) is 0 Å². The van der Waals surface area contributed by atoms with Crippen molar-refractivity contribution in [3.05, 3.63) is 75.3 Å². The van der Waals surface area contributed by atoms with Crippen molar-refractivity contribution in [2.75, 3.05) is 6.54 Å². The van der Waals surface area contributed by atoms with Gasteiger partial charge in [0, 0.05) is 30.3 Å². The molecule has 1 amide bonds. The molecule has 0 bridgehead atoms. The molecular formula is C20H22N2O3. The minimum Gasteiger partial charge on any atom is -0.334 e. The Morgan fingerprint density at radius 1 is 1.20 bits per heavy atom. The molecule has 0 aromatic heterocycles. The molecule has 5 nitrogen and oxygen atoms in total. The van der Waals surface area contributed by atoms with Crippen LogP contribution < -0.4 is 0 Å². The molecule has 0 saturated heterocycles. The van der Waals surface area contributed by atoms with Crippen molar-refractivity contribution >= 4 is 11.6 Å². The van der Waals surface area contributed by atoms with Crippen LogP contribution in [0.15, 0.2) is 48.5 Å². The van der Waals surface area contributed by atoms with Crippen molar-refractivity contribution in [3.8, 4) is 0 Å². The molecule has 1 aliphatic rings. The van der Waals surface area contributed by atoms with Crippen molar-refractivity contribution < 1.29 is 9.72 Å². The highest BCUT2D eigenvalue weighted by Crippen LogP contribution is 2.28. The zero-order valence-electron chi connectivity index (χ0n) is 14.4. The van der Waals surface area contributed by atoms with Crippen LogP contribution in [0.2, 0.25) is 0 Å². The molecule has 0 radical (unpaired) electrons. The molecule has 25 heavy (non-hydrogen) atoms. The van der Waals surface area contributed by atoms with Gasteiger partial charge in [0.25, 0.3) is 11.6 Å². The third-order valence-corrected chi connectivity index (χ3v) is 4.85. The number of nitro benzene ring substituents is 1. The Balaban J connectivity index is 1.82. The Hall–Kier alpha value is -2.69. The Kier molecular flexibility index (Phi) is 5.12. The topological polar surface area (TPSA) is 63.5 Å². The van der Waals surface area contributed by atoms with Crippen LogP contribution in [0.5, 0.6) is 0 Å². The van der Waals surface area contributed by atoms with Gasteiger partial charge >= 0.3 is 0 Å². The van der Waals surface area contributed by atoms with E-state index in [2.05, 4.69) is 0 Å². The molecular weight excluding hydrogens is 316 g/mol. The maximum Gasteiger partial charge on any atom is 0.272 e. The third kappa shape index (κ3) is 4.05. The molecule has 2 aromatic rings. The van der Waals surface area contributed by atoms with E-state index in [-0.39, 0.29) is 11.6 Å². The third-order valence-electron chi connectivity index (χ3n) is 4.85. The molecule has 0 spiro atoms. The number of aryl methyl sites for hydroxylation is 1. The van der Waals surface area contributed by atoms with Gasteiger partial charge in [-0.05, 0) is 43.4 Å². The normalized spacial score (nSPS) is 14.0. The second-order valence-electron chi connectivity index (χ2n) is 6.73. The number of carbonyl (C=O) groups is 1. The monoisotopic (exact) mass is 338 g/mol. The maximum atomic E-state index is 13.0. The van der Waals surface area contributed by atoms with E-state index in [9.17, 15) is 14.9 Å². The van der Waals surface area contributed by atoms with E-state index in [1.54, 1.807) is 19.1 Å². The van der Waals surface area contributed by atoms with Crippen LogP contribution in [-0.4, -0.2) is 22.3 Å². The lowest BCUT2D eigenvalue weighted by molar-refractivity contribution is -0.385. The Morgan fingerprint density at radius 3 is 2.48 bits per heavy atom. The first kappa shape index (κ1) is 17.1. The molecule has 5 heteroatoms. The molecule has 1 aliphatic carbocycles. The van der Waals surface area contributed by atoms with Crippen molar-refractivity contribution in [2.24, 2.45) is 5.92 Å². The summed E-state index contributed by atoms with van der Waals surface area (Å²) < 4.78 is 0. The van der Waals surface area contributed by atoms with E-state index in [0.29, 0.717) is 23.6 Å². The lowest BCUT2D eigenvalue weighted by atomic mass is 9.85. The Morgan fingerprint density at radius 2 is 1.92 bits per heavy atom. The van der Waals surface area contributed by atoms with Gasteiger partial charge in [-0.15, -0.1) is 0 Å². The molecule has 0 aliphatic heterocycles. The van der Waals surface area contributed by atoms with Crippen LogP contribution in [-0.2, 0) is 6.54 Å². The highest BCUT2D eigenvalue weighted by Gasteiger charge is 2.25. The second-order valence-corrected chi connectivity index (χ2v) is 6.73. The van der Waals surface area contributed by atoms with E-state index < -0.39 is 4.92 Å². The summed E-state index contributed by atoms with van der Waals surface area (Å²) in [5, 5.41) is 11.0. The summed E-state index contributed by atoms with van der Waals surface area (Å²) in [4.78, 5) is 25.5. The first-order chi connectivity index (χ1) is 12.0. The van der Waals surface area contributed by atoms with Crippen LogP contribution in [0.25, 0.3) is 0 Å². The average Bonchev–Trinajstić information content (AvgIpc) is 2.56. The largest absolute Gasteiger partial charge is 0.334 e. The minimum atomic E-state index is -0.417. The predicted molar refractivity (Wildman–Crippen MR) is 96.4 cm³/mol. The summed E-state index contributed by atoms with van der Waals surface area (Å²) in [5.41, 5.74) is 2.16. The summed E-state index contributed by atoms with van der Waals surface area (Å²) >= 11 is 0. The van der Waals surface area contributed by atoms with Crippen molar-refractivity contribution in [2.45, 2.75) is 32.7 Å². The standard InChI is InChI=1S/C20H22N2O3/c1-15-12-18(10-11-19(15)22(24)25)20(23)21(14-17-8-5-9-17)13-16-6-3-2-4-7-16/h2-4,6-7,10-12,17H,5,8-9,13-14H2,1H3. The molecule has 2 aromatic carbocycles. The summed E-state index contributed by atoms with van der Waals surface area (Å²) in [6, 6.07) is 14.5. The molecule has 0 unspecified atom stereocenters. The SMILES string of the molecule is Cc1cc(C(=O)N(Cc2ccccc2)CC2CCC2)ccc1[N+](=O)[O-]. The lowest BCUT2D eigenvalue weighted by Crippen LogP contribution is -2.37. The first-order valence-corrected chi connectivity index (χ1v) is 8.63. The van der Waals surface area contributed by atoms with Crippen LogP contribution >= 0.6 is 0 Å². The van der Waals surface area contributed by atoms with E-state index in [1.807, 2.05) is 35.2 Å². The minimum absolute atomic E-state index is 0.0464. The van der Waals surface area contributed by atoms with Crippen LogP contribution in [0.1, 0.15) is 40.7 Å². The number of nitrogens with zero attached hydrogens (tertiary/aromatic N) is 2. The van der Waals surface area contributed by atoms with E-state index in [4.69, 9.17) is 0 Å². The van der Waals surface area contributed by atoms with E-state index >= 15 is 0 Å². The summed E-state index contributed by atoms with van der Waals surface area (Å²) in [7, 11) is 0. The molecule has 3 rings (SSSR count). The summed E-state index contributed by atoms with van der Waals surface area (Å²) in [5.74, 6) is 0.501. The second kappa shape index (κ2) is 7.47. The van der Waals surface area contributed by atoms with Crippen molar-refractivity contribution in [3.63, 3.8) is 0 Å². The molecule has 1 saturated carbocycles. The maximum absolute atomic E-state index is 13.0. The fourth-order valence-corrected chi connectivity index (χ4v) is 3.19. The van der Waals surface area contributed by atoms with E-state index in [1.165, 1.54) is 12.5 Å². The molecule has 0 N–H and O–H groups in total. The fourth-order valence-electron chi connectivity index (χ4n) is 3.19. The average molecular weight is 338 g/mol. The zero-order valence-corrected chi connectivity index (χ0v) is 14.4. The fraction of sp³-hybridized carbons (Fsp3) is 0.350. The molecule has 130 valence electrons. The van der Waals surface area contributed by atoms with Gasteiger partial charge in [0.15, 0.2) is 0 Å². The smallest absolute Gasteiger partial charge is 0.272 e. The lowest BCUT2D eigenvalue weighted by Gasteiger charge is -2.32. The molecule has 0 heterocycles. The zero-order chi connectivity index (χ0) is 17.8. The van der Waals surface area contributed by atoms with Gasteiger partial charge in [-0.3, -0.25) is 14.9 Å². The number of carbonyl (C=O) groups excluding carboxylic acids is 1. The van der Waals surface area contributed by atoms with Gasteiger partial charge in [0.05, 0.1) is 4.92 Å². The van der Waals surface area contributed by atoms with Crippen LogP contribution in [0.3, 0.4) is 0 Å².